The molecule has 140 valence electrons. The second kappa shape index (κ2) is 8.58. The predicted octanol–water partition coefficient (Wildman–Crippen LogP) is 1.61. The van der Waals surface area contributed by atoms with Crippen LogP contribution in [0.15, 0.2) is 47.3 Å². The molecular weight excluding hydrogens is 374 g/mol. The van der Waals surface area contributed by atoms with Crippen molar-refractivity contribution in [2.75, 3.05) is 18.5 Å². The molecule has 0 aliphatic rings. The molecule has 1 unspecified atom stereocenters. The standard InChI is InChI=1S/C17H16ClN5O4/c18-10-1-3-13(19-5-10)15-8-22-17(27-15)23-11-2-4-14(20-6-11)16(26)21-7-12(25)9-24/h1-6,8,12,24-25H,7,9H2,(H,21,26)(H,22,23). The van der Waals surface area contributed by atoms with Gasteiger partial charge in [-0.1, -0.05) is 11.6 Å². The normalized spacial score (nSPS) is 11.8. The summed E-state index contributed by atoms with van der Waals surface area (Å²) < 4.78 is 5.58. The van der Waals surface area contributed by atoms with E-state index < -0.39 is 18.6 Å². The second-order valence-electron chi connectivity index (χ2n) is 5.49. The summed E-state index contributed by atoms with van der Waals surface area (Å²) in [7, 11) is 0. The van der Waals surface area contributed by atoms with Gasteiger partial charge in [0.1, 0.15) is 11.4 Å². The van der Waals surface area contributed by atoms with Crippen LogP contribution in [-0.4, -0.2) is 50.3 Å². The molecule has 0 aromatic carbocycles. The van der Waals surface area contributed by atoms with Gasteiger partial charge in [-0.2, -0.15) is 0 Å². The van der Waals surface area contributed by atoms with Crippen LogP contribution in [0.3, 0.4) is 0 Å². The van der Waals surface area contributed by atoms with Crippen molar-refractivity contribution in [2.24, 2.45) is 0 Å². The third-order valence-electron chi connectivity index (χ3n) is 3.44. The molecule has 1 atom stereocenters. The van der Waals surface area contributed by atoms with Crippen molar-refractivity contribution in [3.05, 3.63) is 53.6 Å². The Labute approximate surface area is 159 Å². The number of aliphatic hydroxyl groups excluding tert-OH is 2. The van der Waals surface area contributed by atoms with Gasteiger partial charge in [0, 0.05) is 12.7 Å². The van der Waals surface area contributed by atoms with Crippen LogP contribution < -0.4 is 10.6 Å². The van der Waals surface area contributed by atoms with Crippen molar-refractivity contribution < 1.29 is 19.4 Å². The lowest BCUT2D eigenvalue weighted by atomic mass is 10.3. The lowest BCUT2D eigenvalue weighted by Crippen LogP contribution is -2.34. The maximum atomic E-state index is 11.9. The lowest BCUT2D eigenvalue weighted by molar-refractivity contribution is 0.0799. The van der Waals surface area contributed by atoms with Gasteiger partial charge in [-0.25, -0.2) is 9.97 Å². The van der Waals surface area contributed by atoms with Crippen molar-refractivity contribution in [1.82, 2.24) is 20.3 Å². The number of hydrogen-bond donors (Lipinski definition) is 4. The first-order valence-corrected chi connectivity index (χ1v) is 8.31. The molecule has 4 N–H and O–H groups in total. The molecule has 0 aliphatic carbocycles. The summed E-state index contributed by atoms with van der Waals surface area (Å²) in [6, 6.07) is 6.80. The van der Waals surface area contributed by atoms with Gasteiger partial charge in [0.05, 0.1) is 35.8 Å². The van der Waals surface area contributed by atoms with Crippen LogP contribution in [0.1, 0.15) is 10.5 Å². The van der Waals surface area contributed by atoms with Gasteiger partial charge in [0.25, 0.3) is 11.9 Å². The number of rotatable bonds is 7. The quantitative estimate of drug-likeness (QED) is 0.479. The maximum Gasteiger partial charge on any atom is 0.299 e. The van der Waals surface area contributed by atoms with Gasteiger partial charge < -0.3 is 25.3 Å². The molecule has 3 heterocycles. The fourth-order valence-electron chi connectivity index (χ4n) is 2.06. The molecule has 27 heavy (non-hydrogen) atoms. The van der Waals surface area contributed by atoms with Crippen molar-refractivity contribution in [1.29, 1.82) is 0 Å². The smallest absolute Gasteiger partial charge is 0.299 e. The third kappa shape index (κ3) is 5.00. The molecule has 0 saturated carbocycles. The highest BCUT2D eigenvalue weighted by Crippen LogP contribution is 2.23. The molecule has 0 spiro atoms. The van der Waals surface area contributed by atoms with Gasteiger partial charge in [0.2, 0.25) is 0 Å². The highest BCUT2D eigenvalue weighted by molar-refractivity contribution is 6.30. The van der Waals surface area contributed by atoms with E-state index >= 15 is 0 Å². The summed E-state index contributed by atoms with van der Waals surface area (Å²) in [6.45, 7) is -0.491. The summed E-state index contributed by atoms with van der Waals surface area (Å²) in [5.74, 6) is 0.0156. The fourth-order valence-corrected chi connectivity index (χ4v) is 2.17. The number of hydrogen-bond acceptors (Lipinski definition) is 8. The van der Waals surface area contributed by atoms with Crippen LogP contribution in [0.25, 0.3) is 11.5 Å². The van der Waals surface area contributed by atoms with Gasteiger partial charge in [-0.15, -0.1) is 0 Å². The van der Waals surface area contributed by atoms with Crippen LogP contribution in [0.5, 0.6) is 0 Å². The molecule has 9 nitrogen and oxygen atoms in total. The van der Waals surface area contributed by atoms with E-state index in [1.165, 1.54) is 24.7 Å². The van der Waals surface area contributed by atoms with Gasteiger partial charge in [-0.05, 0) is 24.3 Å². The number of aliphatic hydroxyl groups is 2. The van der Waals surface area contributed by atoms with Gasteiger partial charge in [-0.3, -0.25) is 9.78 Å². The van der Waals surface area contributed by atoms with E-state index in [0.29, 0.717) is 22.2 Å². The molecule has 0 bridgehead atoms. The van der Waals surface area contributed by atoms with Gasteiger partial charge >= 0.3 is 0 Å². The average Bonchev–Trinajstić information content (AvgIpc) is 3.15. The van der Waals surface area contributed by atoms with Crippen LogP contribution in [0.4, 0.5) is 11.7 Å². The predicted molar refractivity (Wildman–Crippen MR) is 97.7 cm³/mol. The first-order chi connectivity index (χ1) is 13.0. The van der Waals surface area contributed by atoms with Crippen LogP contribution in [0, 0.1) is 0 Å². The number of nitrogens with zero attached hydrogens (tertiary/aromatic N) is 3. The Morgan fingerprint density at radius 1 is 1.15 bits per heavy atom. The fraction of sp³-hybridized carbons (Fsp3) is 0.176. The zero-order valence-electron chi connectivity index (χ0n) is 14.0. The second-order valence-corrected chi connectivity index (χ2v) is 5.93. The number of aromatic nitrogens is 3. The third-order valence-corrected chi connectivity index (χ3v) is 3.67. The Morgan fingerprint density at radius 2 is 2.00 bits per heavy atom. The molecule has 3 rings (SSSR count). The SMILES string of the molecule is O=C(NCC(O)CO)c1ccc(Nc2ncc(-c3ccc(Cl)cn3)o2)cn1. The van der Waals surface area contributed by atoms with E-state index in [-0.39, 0.29) is 18.3 Å². The summed E-state index contributed by atoms with van der Waals surface area (Å²) in [6.07, 6.45) is 3.48. The topological polar surface area (TPSA) is 133 Å². The molecule has 0 fully saturated rings. The van der Waals surface area contributed by atoms with E-state index in [2.05, 4.69) is 25.6 Å². The molecule has 3 aromatic heterocycles. The molecule has 10 heteroatoms. The Balaban J connectivity index is 1.61. The van der Waals surface area contributed by atoms with Gasteiger partial charge in [0.15, 0.2) is 5.76 Å². The largest absolute Gasteiger partial charge is 0.422 e. The highest BCUT2D eigenvalue weighted by atomic mass is 35.5. The average molecular weight is 390 g/mol. The van der Waals surface area contributed by atoms with E-state index in [1.807, 2.05) is 0 Å². The van der Waals surface area contributed by atoms with Crippen LogP contribution >= 0.6 is 11.6 Å². The zero-order valence-corrected chi connectivity index (χ0v) is 14.7. The van der Waals surface area contributed by atoms with Crippen molar-refractivity contribution >= 4 is 29.2 Å². The Morgan fingerprint density at radius 3 is 2.67 bits per heavy atom. The molecule has 3 aromatic rings. The minimum absolute atomic E-state index is 0.0607. The summed E-state index contributed by atoms with van der Waals surface area (Å²) in [5, 5.41) is 23.9. The van der Waals surface area contributed by atoms with E-state index in [4.69, 9.17) is 21.1 Å². The number of amides is 1. The molecule has 0 radical (unpaired) electrons. The zero-order chi connectivity index (χ0) is 19.2. The minimum atomic E-state index is -1.01. The first kappa shape index (κ1) is 18.8. The van der Waals surface area contributed by atoms with Crippen LogP contribution in [0.2, 0.25) is 5.02 Å². The molecule has 0 saturated heterocycles. The number of halogens is 1. The molecule has 0 aliphatic heterocycles. The van der Waals surface area contributed by atoms with Crippen molar-refractivity contribution in [3.8, 4) is 11.5 Å². The number of carbonyl (C=O) groups is 1. The van der Waals surface area contributed by atoms with Crippen molar-refractivity contribution in [2.45, 2.75) is 6.10 Å². The molecule has 1 amide bonds. The summed E-state index contributed by atoms with van der Waals surface area (Å²) in [4.78, 5) is 24.2. The Bertz CT molecular complexity index is 898. The van der Waals surface area contributed by atoms with E-state index in [0.717, 1.165) is 0 Å². The summed E-state index contributed by atoms with van der Waals surface area (Å²) >= 11 is 5.81. The monoisotopic (exact) mass is 389 g/mol. The summed E-state index contributed by atoms with van der Waals surface area (Å²) in [5.41, 5.74) is 1.33. The van der Waals surface area contributed by atoms with E-state index in [1.54, 1.807) is 18.2 Å². The maximum absolute atomic E-state index is 11.9. The number of carbonyl (C=O) groups excluding carboxylic acids is 1. The number of anilines is 2. The Hall–Kier alpha value is -3.01. The number of pyridine rings is 2. The van der Waals surface area contributed by atoms with E-state index in [9.17, 15) is 9.90 Å². The number of oxazole rings is 1. The first-order valence-electron chi connectivity index (χ1n) is 7.93. The van der Waals surface area contributed by atoms with Crippen LogP contribution in [-0.2, 0) is 0 Å². The Kier molecular flexibility index (Phi) is 5.97. The molecular formula is C17H16ClN5O4. The van der Waals surface area contributed by atoms with Crippen molar-refractivity contribution in [3.63, 3.8) is 0 Å². The highest BCUT2D eigenvalue weighted by Gasteiger charge is 2.11. The number of nitrogens with one attached hydrogen (secondary N) is 2. The lowest BCUT2D eigenvalue weighted by Gasteiger charge is -2.08. The minimum Gasteiger partial charge on any atom is -0.422 e.